The zero-order valence-electron chi connectivity index (χ0n) is 6.37. The van der Waals surface area contributed by atoms with Crippen LogP contribution in [0.5, 0.6) is 0 Å². The molecule has 0 aromatic carbocycles. The summed E-state index contributed by atoms with van der Waals surface area (Å²) in [5.41, 5.74) is -0.577. The summed E-state index contributed by atoms with van der Waals surface area (Å²) >= 11 is -2.05. The molecule has 4 nitrogen and oxygen atoms in total. The Morgan fingerprint density at radius 1 is 1.82 bits per heavy atom. The number of methoxy groups -OCH3 is 1. The van der Waals surface area contributed by atoms with Crippen molar-refractivity contribution in [1.82, 2.24) is 0 Å². The minimum atomic E-state index is -2.05. The highest BCUT2D eigenvalue weighted by atomic mass is 32.2. The Hall–Kier alpha value is 0.0300. The second-order valence-electron chi connectivity index (χ2n) is 2.64. The van der Waals surface area contributed by atoms with Crippen molar-refractivity contribution in [3.05, 3.63) is 0 Å². The van der Waals surface area contributed by atoms with Crippen LogP contribution in [-0.2, 0) is 20.6 Å². The van der Waals surface area contributed by atoms with Crippen LogP contribution in [-0.4, -0.2) is 40.4 Å². The summed E-state index contributed by atoms with van der Waals surface area (Å²) in [6.45, 7) is 0.975. The van der Waals surface area contributed by atoms with E-state index in [0.717, 1.165) is 0 Å². The molecule has 0 bridgehead atoms. The second-order valence-corrected chi connectivity index (χ2v) is 3.53. The molecule has 2 atom stereocenters. The van der Waals surface area contributed by atoms with Crippen LogP contribution < -0.4 is 0 Å². The van der Waals surface area contributed by atoms with Gasteiger partial charge in [0.2, 0.25) is 0 Å². The molecule has 1 rings (SSSR count). The summed E-state index contributed by atoms with van der Waals surface area (Å²) < 4.78 is 30.9. The van der Waals surface area contributed by atoms with E-state index in [1.54, 1.807) is 0 Å². The van der Waals surface area contributed by atoms with Gasteiger partial charge in [0.15, 0.2) is 0 Å². The highest BCUT2D eigenvalue weighted by Gasteiger charge is 2.34. The molecule has 66 valence electrons. The normalized spacial score (nSPS) is 34.0. The lowest BCUT2D eigenvalue weighted by atomic mass is 10.1. The zero-order valence-corrected chi connectivity index (χ0v) is 7.19. The van der Waals surface area contributed by atoms with E-state index in [0.29, 0.717) is 19.6 Å². The van der Waals surface area contributed by atoms with Crippen molar-refractivity contribution in [2.24, 2.45) is 0 Å². The first kappa shape index (κ1) is 9.12. The van der Waals surface area contributed by atoms with Crippen LogP contribution in [0.25, 0.3) is 0 Å². The van der Waals surface area contributed by atoms with Crippen LogP contribution in [0.3, 0.4) is 0 Å². The maximum Gasteiger partial charge on any atom is 0.104 e. The van der Waals surface area contributed by atoms with Crippen molar-refractivity contribution in [1.29, 1.82) is 0 Å². The Bertz CT molecular complexity index is 153. The maximum atomic E-state index is 10.4. The van der Waals surface area contributed by atoms with Gasteiger partial charge in [0.05, 0.1) is 6.61 Å². The minimum Gasteiger partial charge on any atom is -0.772 e. The number of ether oxygens (including phenoxy) is 2. The van der Waals surface area contributed by atoms with Crippen LogP contribution >= 0.6 is 0 Å². The van der Waals surface area contributed by atoms with Crippen LogP contribution in [0, 0.1) is 0 Å². The molecule has 0 saturated carbocycles. The Balaban J connectivity index is 2.52. The summed E-state index contributed by atoms with van der Waals surface area (Å²) in [6, 6.07) is 0. The average Bonchev–Trinajstić information content (AvgIpc) is 2.36. The van der Waals surface area contributed by atoms with E-state index in [1.807, 2.05) is 0 Å². The summed E-state index contributed by atoms with van der Waals surface area (Å²) in [6.07, 6.45) is 0.664. The topological polar surface area (TPSA) is 58.6 Å². The zero-order chi connectivity index (χ0) is 8.32. The van der Waals surface area contributed by atoms with Gasteiger partial charge in [-0.05, 0) is 0 Å². The molecule has 0 N–H and O–H groups in total. The molecule has 0 radical (unpaired) electrons. The molecule has 1 fully saturated rings. The molecule has 1 saturated heterocycles. The van der Waals surface area contributed by atoms with Gasteiger partial charge in [-0.3, -0.25) is 4.21 Å². The summed E-state index contributed by atoms with van der Waals surface area (Å²) in [7, 11) is 1.52. The number of hydrogen-bond donors (Lipinski definition) is 0. The molecule has 0 aromatic heterocycles. The SMILES string of the molecule is COC1(CS(=O)[O-])CCOC1. The standard InChI is InChI=1S/C6H12O4S/c1-9-6(5-11(7)8)2-3-10-4-6/h2-5H2,1H3,(H,7,8)/p-1. The molecule has 0 spiro atoms. The molecule has 0 aromatic rings. The Kier molecular flexibility index (Phi) is 3.00. The summed E-state index contributed by atoms with van der Waals surface area (Å²) in [5.74, 6) is 0.0312. The average molecular weight is 179 g/mol. The minimum absolute atomic E-state index is 0.0312. The molecule has 5 heteroatoms. The van der Waals surface area contributed by atoms with Gasteiger partial charge >= 0.3 is 0 Å². The summed E-state index contributed by atoms with van der Waals surface area (Å²) in [5, 5.41) is 0. The van der Waals surface area contributed by atoms with Gasteiger partial charge in [-0.15, -0.1) is 0 Å². The lowest BCUT2D eigenvalue weighted by Gasteiger charge is -2.26. The van der Waals surface area contributed by atoms with Gasteiger partial charge in [0.25, 0.3) is 0 Å². The fraction of sp³-hybridized carbons (Fsp3) is 1.00. The van der Waals surface area contributed by atoms with E-state index in [-0.39, 0.29) is 5.75 Å². The van der Waals surface area contributed by atoms with Crippen LogP contribution in [0.1, 0.15) is 6.42 Å². The molecule has 11 heavy (non-hydrogen) atoms. The fourth-order valence-electron chi connectivity index (χ4n) is 1.14. The van der Waals surface area contributed by atoms with Gasteiger partial charge < -0.3 is 14.0 Å². The molecular weight excluding hydrogens is 168 g/mol. The fourth-order valence-corrected chi connectivity index (χ4v) is 1.91. The number of hydrogen-bond acceptors (Lipinski definition) is 4. The van der Waals surface area contributed by atoms with Crippen LogP contribution in [0.4, 0.5) is 0 Å². The molecular formula is C6H11O4S-. The van der Waals surface area contributed by atoms with E-state index in [4.69, 9.17) is 9.47 Å². The van der Waals surface area contributed by atoms with Crippen molar-refractivity contribution in [3.63, 3.8) is 0 Å². The third-order valence-corrected chi connectivity index (χ3v) is 2.64. The van der Waals surface area contributed by atoms with E-state index in [9.17, 15) is 8.76 Å². The van der Waals surface area contributed by atoms with E-state index < -0.39 is 16.7 Å². The van der Waals surface area contributed by atoms with Crippen molar-refractivity contribution >= 4 is 11.1 Å². The second kappa shape index (κ2) is 3.62. The predicted molar refractivity (Wildman–Crippen MR) is 39.0 cm³/mol. The van der Waals surface area contributed by atoms with Gasteiger partial charge in [-0.2, -0.15) is 0 Å². The third-order valence-electron chi connectivity index (χ3n) is 1.88. The molecule has 2 unspecified atom stereocenters. The van der Waals surface area contributed by atoms with Crippen molar-refractivity contribution < 1.29 is 18.2 Å². The van der Waals surface area contributed by atoms with Gasteiger partial charge in [0, 0.05) is 25.9 Å². The highest BCUT2D eigenvalue weighted by molar-refractivity contribution is 7.79. The predicted octanol–water partition coefficient (Wildman–Crippen LogP) is -0.329. The first-order valence-electron chi connectivity index (χ1n) is 3.37. The highest BCUT2D eigenvalue weighted by Crippen LogP contribution is 2.22. The van der Waals surface area contributed by atoms with Gasteiger partial charge in [-0.1, -0.05) is 11.1 Å². The molecule has 1 aliphatic heterocycles. The molecule has 1 aliphatic rings. The van der Waals surface area contributed by atoms with Crippen molar-refractivity contribution in [2.45, 2.75) is 12.0 Å². The van der Waals surface area contributed by atoms with E-state index in [2.05, 4.69) is 0 Å². The third kappa shape index (κ3) is 2.23. The largest absolute Gasteiger partial charge is 0.772 e. The first-order valence-corrected chi connectivity index (χ1v) is 4.62. The molecule has 1 heterocycles. The van der Waals surface area contributed by atoms with Gasteiger partial charge in [-0.25, -0.2) is 0 Å². The Morgan fingerprint density at radius 2 is 2.55 bits per heavy atom. The molecule has 0 aliphatic carbocycles. The Labute approximate surface area is 68.2 Å². The van der Waals surface area contributed by atoms with E-state index >= 15 is 0 Å². The lowest BCUT2D eigenvalue weighted by molar-refractivity contribution is 0.000858. The summed E-state index contributed by atoms with van der Waals surface area (Å²) in [4.78, 5) is 0. The monoisotopic (exact) mass is 179 g/mol. The van der Waals surface area contributed by atoms with Crippen molar-refractivity contribution in [3.8, 4) is 0 Å². The maximum absolute atomic E-state index is 10.4. The smallest absolute Gasteiger partial charge is 0.104 e. The number of rotatable bonds is 3. The van der Waals surface area contributed by atoms with Crippen LogP contribution in [0.2, 0.25) is 0 Å². The Morgan fingerprint density at radius 3 is 2.91 bits per heavy atom. The first-order chi connectivity index (χ1) is 5.18. The van der Waals surface area contributed by atoms with E-state index in [1.165, 1.54) is 7.11 Å². The van der Waals surface area contributed by atoms with Gasteiger partial charge in [0.1, 0.15) is 5.60 Å². The molecule has 0 amide bonds. The van der Waals surface area contributed by atoms with Crippen molar-refractivity contribution in [2.75, 3.05) is 26.1 Å². The van der Waals surface area contributed by atoms with Crippen LogP contribution in [0.15, 0.2) is 0 Å². The quantitative estimate of drug-likeness (QED) is 0.557. The lowest BCUT2D eigenvalue weighted by Crippen LogP contribution is -2.37.